The average molecular weight is 278 g/mol. The van der Waals surface area contributed by atoms with Crippen molar-refractivity contribution in [3.8, 4) is 0 Å². The quantitative estimate of drug-likeness (QED) is 0.896. The molecule has 1 aromatic heterocycles. The normalized spacial score (nSPS) is 9.95. The van der Waals surface area contributed by atoms with Gasteiger partial charge in [0.25, 0.3) is 5.91 Å². The molecule has 0 aliphatic heterocycles. The lowest BCUT2D eigenvalue weighted by Gasteiger charge is -2.07. The van der Waals surface area contributed by atoms with Crippen LogP contribution in [-0.4, -0.2) is 27.0 Å². The summed E-state index contributed by atoms with van der Waals surface area (Å²) in [6.07, 6.45) is 2.54. The third-order valence-electron chi connectivity index (χ3n) is 2.24. The van der Waals surface area contributed by atoms with Crippen molar-refractivity contribution < 1.29 is 14.7 Å². The van der Waals surface area contributed by atoms with Crippen LogP contribution in [0.3, 0.4) is 0 Å². The van der Waals surface area contributed by atoms with Crippen molar-refractivity contribution in [2.45, 2.75) is 0 Å². The first-order valence-electron chi connectivity index (χ1n) is 5.19. The van der Waals surface area contributed by atoms with Crippen LogP contribution in [0.1, 0.15) is 20.8 Å². The third kappa shape index (κ3) is 3.05. The molecule has 2 rings (SSSR count). The van der Waals surface area contributed by atoms with E-state index in [1.807, 2.05) is 0 Å². The number of nitrogens with zero attached hydrogens (tertiary/aromatic N) is 2. The number of carboxylic acids is 1. The maximum atomic E-state index is 11.9. The number of hydrogen-bond donors (Lipinski definition) is 2. The fourth-order valence-electron chi connectivity index (χ4n) is 1.42. The second-order valence-corrected chi connectivity index (χ2v) is 3.92. The van der Waals surface area contributed by atoms with E-state index in [9.17, 15) is 9.59 Å². The molecule has 1 heterocycles. The fraction of sp³-hybridized carbons (Fsp3) is 0. The van der Waals surface area contributed by atoms with E-state index >= 15 is 0 Å². The molecule has 1 amide bonds. The van der Waals surface area contributed by atoms with Crippen LogP contribution < -0.4 is 5.32 Å². The second kappa shape index (κ2) is 5.45. The number of anilines is 1. The SMILES string of the molecule is O=C(Nc1ccccc1C(=O)O)c1cncc(Cl)n1. The highest BCUT2D eigenvalue weighted by Crippen LogP contribution is 2.16. The van der Waals surface area contributed by atoms with Crippen molar-refractivity contribution in [1.29, 1.82) is 0 Å². The molecule has 2 N–H and O–H groups in total. The molecule has 1 aromatic carbocycles. The number of carboxylic acid groups (broad SMARTS) is 1. The molecule has 0 atom stereocenters. The summed E-state index contributed by atoms with van der Waals surface area (Å²) >= 11 is 5.63. The Labute approximate surface area is 113 Å². The summed E-state index contributed by atoms with van der Waals surface area (Å²) in [4.78, 5) is 30.4. The van der Waals surface area contributed by atoms with Crippen LogP contribution in [0.5, 0.6) is 0 Å². The molecular formula is C12H8ClN3O3. The Morgan fingerprint density at radius 2 is 1.95 bits per heavy atom. The Morgan fingerprint density at radius 3 is 2.63 bits per heavy atom. The molecule has 96 valence electrons. The topological polar surface area (TPSA) is 92.2 Å². The van der Waals surface area contributed by atoms with E-state index in [0.717, 1.165) is 0 Å². The lowest BCUT2D eigenvalue weighted by atomic mass is 10.2. The minimum absolute atomic E-state index is 0.00712. The zero-order chi connectivity index (χ0) is 13.8. The van der Waals surface area contributed by atoms with Gasteiger partial charge in [-0.1, -0.05) is 23.7 Å². The van der Waals surface area contributed by atoms with Crippen molar-refractivity contribution in [3.05, 3.63) is 53.1 Å². The van der Waals surface area contributed by atoms with E-state index in [0.29, 0.717) is 0 Å². The summed E-state index contributed by atoms with van der Waals surface area (Å²) in [5.41, 5.74) is 0.181. The van der Waals surface area contributed by atoms with Gasteiger partial charge in [0.05, 0.1) is 23.6 Å². The molecule has 0 saturated carbocycles. The van der Waals surface area contributed by atoms with E-state index < -0.39 is 11.9 Å². The number of aromatic carboxylic acids is 1. The average Bonchev–Trinajstić information content (AvgIpc) is 2.39. The van der Waals surface area contributed by atoms with E-state index in [1.54, 1.807) is 12.1 Å². The molecule has 0 spiro atoms. The second-order valence-electron chi connectivity index (χ2n) is 3.53. The Balaban J connectivity index is 2.27. The van der Waals surface area contributed by atoms with Gasteiger partial charge in [-0.05, 0) is 12.1 Å². The maximum Gasteiger partial charge on any atom is 0.337 e. The maximum absolute atomic E-state index is 11.9. The van der Waals surface area contributed by atoms with Crippen molar-refractivity contribution in [3.63, 3.8) is 0 Å². The summed E-state index contributed by atoms with van der Waals surface area (Å²) in [5.74, 6) is -1.71. The molecule has 0 saturated heterocycles. The van der Waals surface area contributed by atoms with Gasteiger partial charge in [0.15, 0.2) is 0 Å². The molecule has 2 aromatic rings. The summed E-state index contributed by atoms with van der Waals surface area (Å²) in [6.45, 7) is 0. The minimum atomic E-state index is -1.13. The van der Waals surface area contributed by atoms with Crippen molar-refractivity contribution >= 4 is 29.2 Å². The van der Waals surface area contributed by atoms with Gasteiger partial charge in [0.1, 0.15) is 10.8 Å². The van der Waals surface area contributed by atoms with E-state index in [-0.39, 0.29) is 22.1 Å². The molecule has 0 aliphatic rings. The van der Waals surface area contributed by atoms with Gasteiger partial charge < -0.3 is 10.4 Å². The van der Waals surface area contributed by atoms with E-state index in [4.69, 9.17) is 16.7 Å². The molecule has 7 heteroatoms. The first-order valence-corrected chi connectivity index (χ1v) is 5.57. The first kappa shape index (κ1) is 13.0. The van der Waals surface area contributed by atoms with Crippen LogP contribution in [0.2, 0.25) is 5.15 Å². The van der Waals surface area contributed by atoms with Gasteiger partial charge in [-0.25, -0.2) is 9.78 Å². The van der Waals surface area contributed by atoms with Crippen LogP contribution in [0.15, 0.2) is 36.7 Å². The van der Waals surface area contributed by atoms with Crippen molar-refractivity contribution in [1.82, 2.24) is 9.97 Å². The van der Waals surface area contributed by atoms with Gasteiger partial charge >= 0.3 is 5.97 Å². The number of carbonyl (C=O) groups excluding carboxylic acids is 1. The Hall–Kier alpha value is -2.47. The largest absolute Gasteiger partial charge is 0.478 e. The number of rotatable bonds is 3. The molecular weight excluding hydrogens is 270 g/mol. The lowest BCUT2D eigenvalue weighted by molar-refractivity contribution is 0.0698. The summed E-state index contributed by atoms with van der Waals surface area (Å²) < 4.78 is 0. The highest BCUT2D eigenvalue weighted by molar-refractivity contribution is 6.29. The number of aromatic nitrogens is 2. The zero-order valence-corrected chi connectivity index (χ0v) is 10.3. The summed E-state index contributed by atoms with van der Waals surface area (Å²) in [7, 11) is 0. The Morgan fingerprint density at radius 1 is 1.21 bits per heavy atom. The smallest absolute Gasteiger partial charge is 0.337 e. The monoisotopic (exact) mass is 277 g/mol. The van der Waals surface area contributed by atoms with Crippen LogP contribution in [0, 0.1) is 0 Å². The van der Waals surface area contributed by atoms with E-state index in [1.165, 1.54) is 24.5 Å². The van der Waals surface area contributed by atoms with Gasteiger partial charge in [-0.3, -0.25) is 9.78 Å². The molecule has 6 nitrogen and oxygen atoms in total. The molecule has 0 aliphatic carbocycles. The molecule has 0 fully saturated rings. The van der Waals surface area contributed by atoms with Gasteiger partial charge in [-0.15, -0.1) is 0 Å². The van der Waals surface area contributed by atoms with E-state index in [2.05, 4.69) is 15.3 Å². The minimum Gasteiger partial charge on any atom is -0.478 e. The van der Waals surface area contributed by atoms with Crippen LogP contribution in [0.4, 0.5) is 5.69 Å². The number of para-hydroxylation sites is 1. The zero-order valence-electron chi connectivity index (χ0n) is 9.50. The van der Waals surface area contributed by atoms with Gasteiger partial charge in [0.2, 0.25) is 0 Å². The number of nitrogens with one attached hydrogen (secondary N) is 1. The number of carbonyl (C=O) groups is 2. The standard InChI is InChI=1S/C12H8ClN3O3/c13-10-6-14-5-9(15-10)11(17)16-8-4-2-1-3-7(8)12(18)19/h1-6H,(H,16,17)(H,18,19). The predicted octanol–water partition coefficient (Wildman–Crippen LogP) is 2.08. The third-order valence-corrected chi connectivity index (χ3v) is 2.43. The van der Waals surface area contributed by atoms with Crippen LogP contribution in [-0.2, 0) is 0 Å². The lowest BCUT2D eigenvalue weighted by Crippen LogP contribution is -2.16. The van der Waals surface area contributed by atoms with Gasteiger partial charge in [0, 0.05) is 0 Å². The number of amides is 1. The predicted molar refractivity (Wildman–Crippen MR) is 68.4 cm³/mol. The van der Waals surface area contributed by atoms with Crippen molar-refractivity contribution in [2.75, 3.05) is 5.32 Å². The number of benzene rings is 1. The molecule has 0 bridgehead atoms. The Kier molecular flexibility index (Phi) is 3.72. The summed E-state index contributed by atoms with van der Waals surface area (Å²) in [5, 5.41) is 11.5. The highest BCUT2D eigenvalue weighted by atomic mass is 35.5. The van der Waals surface area contributed by atoms with Crippen LogP contribution >= 0.6 is 11.6 Å². The number of hydrogen-bond acceptors (Lipinski definition) is 4. The fourth-order valence-corrected chi connectivity index (χ4v) is 1.56. The molecule has 0 radical (unpaired) electrons. The van der Waals surface area contributed by atoms with Gasteiger partial charge in [-0.2, -0.15) is 0 Å². The van der Waals surface area contributed by atoms with Crippen molar-refractivity contribution in [2.24, 2.45) is 0 Å². The highest BCUT2D eigenvalue weighted by Gasteiger charge is 2.14. The first-order chi connectivity index (χ1) is 9.08. The number of halogens is 1. The summed E-state index contributed by atoms with van der Waals surface area (Å²) in [6, 6.07) is 6.06. The Bertz CT molecular complexity index is 646. The molecule has 19 heavy (non-hydrogen) atoms. The van der Waals surface area contributed by atoms with Crippen LogP contribution in [0.25, 0.3) is 0 Å². The molecule has 0 unspecified atom stereocenters.